The number of likely N-dealkylation sites (N-methyl/N-ethyl adjacent to an activating group) is 1. The third kappa shape index (κ3) is 3.73. The van der Waals surface area contributed by atoms with Crippen LogP contribution in [0.5, 0.6) is 5.75 Å². The Morgan fingerprint density at radius 1 is 1.35 bits per heavy atom. The fraction of sp³-hybridized carbons (Fsp3) is 0.600. The summed E-state index contributed by atoms with van der Waals surface area (Å²) in [5.74, 6) is 0.924. The molecule has 0 saturated heterocycles. The normalized spacial score (nSPS) is 25.3. The zero-order valence-corrected chi connectivity index (χ0v) is 13.8. The van der Waals surface area contributed by atoms with Crippen molar-refractivity contribution in [2.24, 2.45) is 0 Å². The average molecular weight is 344 g/mol. The Morgan fingerprint density at radius 3 is 2.80 bits per heavy atom. The van der Waals surface area contributed by atoms with E-state index in [-0.39, 0.29) is 12.2 Å². The van der Waals surface area contributed by atoms with Gasteiger partial charge in [0.05, 0.1) is 13.2 Å². The van der Waals surface area contributed by atoms with Gasteiger partial charge in [0.25, 0.3) is 0 Å². The molecule has 0 aromatic heterocycles. The molecule has 1 aliphatic carbocycles. The van der Waals surface area contributed by atoms with Gasteiger partial charge in [-0.25, -0.2) is 0 Å². The third-order valence-electron chi connectivity index (χ3n) is 3.63. The summed E-state index contributed by atoms with van der Waals surface area (Å²) in [4.78, 5) is 0. The molecule has 1 aromatic carbocycles. The van der Waals surface area contributed by atoms with E-state index >= 15 is 0 Å². The van der Waals surface area contributed by atoms with Crippen LogP contribution in [0.4, 0.5) is 0 Å². The molecule has 20 heavy (non-hydrogen) atoms. The molecule has 0 spiro atoms. The Hall–Kier alpha value is -0.620. The molecule has 4 nitrogen and oxygen atoms in total. The van der Waals surface area contributed by atoms with E-state index in [0.29, 0.717) is 19.3 Å². The first-order valence-electron chi connectivity index (χ1n) is 6.86. The molecular formula is C15H22BrNO3. The Morgan fingerprint density at radius 2 is 2.15 bits per heavy atom. The van der Waals surface area contributed by atoms with Crippen LogP contribution in [-0.2, 0) is 9.47 Å². The average Bonchev–Trinajstić information content (AvgIpc) is 2.41. The molecule has 2 rings (SSSR count). The highest BCUT2D eigenvalue weighted by molar-refractivity contribution is 9.10. The summed E-state index contributed by atoms with van der Waals surface area (Å²) in [5.41, 5.74) is 1.13. The number of benzene rings is 1. The van der Waals surface area contributed by atoms with E-state index in [9.17, 15) is 0 Å². The second kappa shape index (κ2) is 7.41. The molecule has 1 fully saturated rings. The molecular weight excluding hydrogens is 322 g/mol. The van der Waals surface area contributed by atoms with Gasteiger partial charge in [-0.2, -0.15) is 0 Å². The number of nitrogens with one attached hydrogen (secondary N) is 1. The second-order valence-corrected chi connectivity index (χ2v) is 5.94. The van der Waals surface area contributed by atoms with Gasteiger partial charge in [-0.05, 0) is 37.7 Å². The summed E-state index contributed by atoms with van der Waals surface area (Å²) in [7, 11) is 3.64. The van der Waals surface area contributed by atoms with Crippen molar-refractivity contribution in [3.05, 3.63) is 28.2 Å². The predicted molar refractivity (Wildman–Crippen MR) is 82.4 cm³/mol. The van der Waals surface area contributed by atoms with Crippen LogP contribution in [0, 0.1) is 6.92 Å². The van der Waals surface area contributed by atoms with E-state index in [1.165, 1.54) is 0 Å². The van der Waals surface area contributed by atoms with Crippen molar-refractivity contribution in [3.8, 4) is 5.75 Å². The number of hydrogen-bond acceptors (Lipinski definition) is 4. The van der Waals surface area contributed by atoms with Gasteiger partial charge in [-0.1, -0.05) is 15.9 Å². The maximum atomic E-state index is 6.08. The molecule has 0 bridgehead atoms. The van der Waals surface area contributed by atoms with Gasteiger partial charge in [-0.15, -0.1) is 0 Å². The van der Waals surface area contributed by atoms with E-state index in [1.54, 1.807) is 7.11 Å². The zero-order valence-electron chi connectivity index (χ0n) is 12.2. The molecule has 1 saturated carbocycles. The van der Waals surface area contributed by atoms with Crippen LogP contribution in [0.1, 0.15) is 12.0 Å². The number of halogens is 1. The van der Waals surface area contributed by atoms with E-state index in [0.717, 1.165) is 22.2 Å². The van der Waals surface area contributed by atoms with E-state index < -0.39 is 0 Å². The largest absolute Gasteiger partial charge is 0.487 e. The minimum atomic E-state index is 0.0817. The molecule has 0 heterocycles. The number of methoxy groups -OCH3 is 1. The molecule has 112 valence electrons. The van der Waals surface area contributed by atoms with Gasteiger partial charge in [0, 0.05) is 24.0 Å². The van der Waals surface area contributed by atoms with Gasteiger partial charge >= 0.3 is 0 Å². The fourth-order valence-electron chi connectivity index (χ4n) is 2.38. The summed E-state index contributed by atoms with van der Waals surface area (Å²) in [6.45, 7) is 3.25. The van der Waals surface area contributed by atoms with Crippen molar-refractivity contribution < 1.29 is 14.2 Å². The van der Waals surface area contributed by atoms with Crippen molar-refractivity contribution in [3.63, 3.8) is 0 Å². The summed E-state index contributed by atoms with van der Waals surface area (Å²) < 4.78 is 18.0. The summed E-state index contributed by atoms with van der Waals surface area (Å²) in [6, 6.07) is 6.41. The van der Waals surface area contributed by atoms with Crippen molar-refractivity contribution in [2.75, 3.05) is 27.4 Å². The van der Waals surface area contributed by atoms with Crippen molar-refractivity contribution in [1.82, 2.24) is 5.32 Å². The lowest BCUT2D eigenvalue weighted by Crippen LogP contribution is -2.60. The fourth-order valence-corrected chi connectivity index (χ4v) is 2.85. The monoisotopic (exact) mass is 343 g/mol. The maximum absolute atomic E-state index is 6.08. The highest BCUT2D eigenvalue weighted by Gasteiger charge is 2.43. The maximum Gasteiger partial charge on any atom is 0.128 e. The standard InChI is InChI=1S/C15H22BrNO3/c1-10-8-11(16)4-5-13(10)20-14-9-12(17-2)15(14)19-7-6-18-3/h4-5,8,12,14-15,17H,6-7,9H2,1-3H3. The topological polar surface area (TPSA) is 39.7 Å². The van der Waals surface area contributed by atoms with Crippen LogP contribution in [0.25, 0.3) is 0 Å². The highest BCUT2D eigenvalue weighted by atomic mass is 79.9. The minimum absolute atomic E-state index is 0.0817. The van der Waals surface area contributed by atoms with Crippen LogP contribution >= 0.6 is 15.9 Å². The Balaban J connectivity index is 1.94. The third-order valence-corrected chi connectivity index (χ3v) is 4.13. The molecule has 1 N–H and O–H groups in total. The van der Waals surface area contributed by atoms with E-state index in [4.69, 9.17) is 14.2 Å². The summed E-state index contributed by atoms with van der Waals surface area (Å²) in [5, 5.41) is 3.26. The van der Waals surface area contributed by atoms with Crippen molar-refractivity contribution in [2.45, 2.75) is 31.6 Å². The molecule has 0 amide bonds. The van der Waals surface area contributed by atoms with Crippen molar-refractivity contribution in [1.29, 1.82) is 0 Å². The Kier molecular flexibility index (Phi) is 5.84. The summed E-state index contributed by atoms with van der Waals surface area (Å²) in [6.07, 6.45) is 1.14. The van der Waals surface area contributed by atoms with Gasteiger partial charge in [0.2, 0.25) is 0 Å². The lowest BCUT2D eigenvalue weighted by molar-refractivity contribution is -0.114. The van der Waals surface area contributed by atoms with Gasteiger partial charge in [0.15, 0.2) is 0 Å². The zero-order chi connectivity index (χ0) is 14.5. The van der Waals surface area contributed by atoms with E-state index in [2.05, 4.69) is 34.2 Å². The van der Waals surface area contributed by atoms with Gasteiger partial charge in [-0.3, -0.25) is 0 Å². The molecule has 3 unspecified atom stereocenters. The minimum Gasteiger partial charge on any atom is -0.487 e. The summed E-state index contributed by atoms with van der Waals surface area (Å²) >= 11 is 3.46. The quantitative estimate of drug-likeness (QED) is 0.772. The number of aryl methyl sites for hydroxylation is 1. The predicted octanol–water partition coefficient (Wildman–Crippen LogP) is 2.53. The second-order valence-electron chi connectivity index (χ2n) is 5.03. The highest BCUT2D eigenvalue weighted by Crippen LogP contribution is 2.31. The molecule has 1 aliphatic rings. The Bertz CT molecular complexity index is 441. The molecule has 3 atom stereocenters. The van der Waals surface area contributed by atoms with Crippen molar-refractivity contribution >= 4 is 15.9 Å². The van der Waals surface area contributed by atoms with Crippen LogP contribution in [0.2, 0.25) is 0 Å². The first kappa shape index (κ1) is 15.8. The first-order valence-corrected chi connectivity index (χ1v) is 7.65. The Labute approximate surface area is 128 Å². The molecule has 0 radical (unpaired) electrons. The van der Waals surface area contributed by atoms with Crippen LogP contribution in [0.15, 0.2) is 22.7 Å². The number of hydrogen-bond donors (Lipinski definition) is 1. The SMILES string of the molecule is CNC1CC(Oc2ccc(Br)cc2C)C1OCCOC. The lowest BCUT2D eigenvalue weighted by Gasteiger charge is -2.43. The van der Waals surface area contributed by atoms with Crippen LogP contribution in [0.3, 0.4) is 0 Å². The smallest absolute Gasteiger partial charge is 0.128 e. The van der Waals surface area contributed by atoms with Gasteiger partial charge < -0.3 is 19.5 Å². The lowest BCUT2D eigenvalue weighted by atomic mass is 9.85. The van der Waals surface area contributed by atoms with E-state index in [1.807, 2.05) is 19.2 Å². The molecule has 0 aliphatic heterocycles. The molecule has 5 heteroatoms. The van der Waals surface area contributed by atoms with Crippen LogP contribution in [-0.4, -0.2) is 45.6 Å². The van der Waals surface area contributed by atoms with Crippen LogP contribution < -0.4 is 10.1 Å². The molecule has 1 aromatic rings. The first-order chi connectivity index (χ1) is 9.65. The number of rotatable bonds is 7. The van der Waals surface area contributed by atoms with Gasteiger partial charge in [0.1, 0.15) is 18.0 Å². The number of ether oxygens (including phenoxy) is 3.